The number of hydrogen-bond acceptors (Lipinski definition) is 6. The number of nitrogens with zero attached hydrogens (tertiary/aromatic N) is 5. The smallest absolute Gasteiger partial charge is 0.233 e. The zero-order valence-corrected chi connectivity index (χ0v) is 16.5. The fourth-order valence-electron chi connectivity index (χ4n) is 3.43. The van der Waals surface area contributed by atoms with E-state index in [0.717, 1.165) is 55.8 Å². The van der Waals surface area contributed by atoms with Gasteiger partial charge in [0.25, 0.3) is 0 Å². The summed E-state index contributed by atoms with van der Waals surface area (Å²) in [5, 5.41) is 9.62. The molecule has 8 heteroatoms. The van der Waals surface area contributed by atoms with Crippen LogP contribution in [0.25, 0.3) is 5.69 Å². The molecule has 1 amide bonds. The molecule has 2 aliphatic heterocycles. The standard InChI is InChI=1S/C19H25N5O2S/c1-15-4-6-16(7-5-15)24-18(23-10-12-26-13-11-23)20-21-19(24)27-14-17(25)22-8-2-3-9-22/h4-7H,2-3,8-14H2,1H3. The summed E-state index contributed by atoms with van der Waals surface area (Å²) < 4.78 is 7.53. The lowest BCUT2D eigenvalue weighted by atomic mass is 10.2. The maximum absolute atomic E-state index is 12.4. The highest BCUT2D eigenvalue weighted by Crippen LogP contribution is 2.28. The second-order valence-corrected chi connectivity index (χ2v) is 7.87. The maximum Gasteiger partial charge on any atom is 0.233 e. The molecule has 27 heavy (non-hydrogen) atoms. The van der Waals surface area contributed by atoms with Crippen molar-refractivity contribution in [2.45, 2.75) is 24.9 Å². The minimum atomic E-state index is 0.184. The Morgan fingerprint density at radius 2 is 1.78 bits per heavy atom. The second kappa shape index (κ2) is 8.31. The molecular formula is C19H25N5O2S. The number of ether oxygens (including phenoxy) is 1. The van der Waals surface area contributed by atoms with Gasteiger partial charge in [0.2, 0.25) is 11.9 Å². The Bertz CT molecular complexity index is 780. The molecule has 7 nitrogen and oxygen atoms in total. The first kappa shape index (κ1) is 18.3. The molecular weight excluding hydrogens is 362 g/mol. The molecule has 0 radical (unpaired) electrons. The highest BCUT2D eigenvalue weighted by atomic mass is 32.2. The Labute approximate surface area is 163 Å². The number of aromatic nitrogens is 3. The first-order valence-corrected chi connectivity index (χ1v) is 10.5. The molecule has 2 aliphatic rings. The van der Waals surface area contributed by atoms with E-state index in [0.29, 0.717) is 19.0 Å². The number of carbonyl (C=O) groups excluding carboxylic acids is 1. The predicted molar refractivity (Wildman–Crippen MR) is 106 cm³/mol. The molecule has 2 fully saturated rings. The molecule has 2 aromatic rings. The monoisotopic (exact) mass is 387 g/mol. The molecule has 0 N–H and O–H groups in total. The number of carbonyl (C=O) groups is 1. The van der Waals surface area contributed by atoms with Crippen LogP contribution in [0.3, 0.4) is 0 Å². The number of rotatable bonds is 5. The van der Waals surface area contributed by atoms with Crippen LogP contribution in [0, 0.1) is 6.92 Å². The average molecular weight is 388 g/mol. The van der Waals surface area contributed by atoms with E-state index in [9.17, 15) is 4.79 Å². The largest absolute Gasteiger partial charge is 0.378 e. The van der Waals surface area contributed by atoms with Crippen LogP contribution < -0.4 is 4.90 Å². The van der Waals surface area contributed by atoms with Crippen molar-refractivity contribution in [3.63, 3.8) is 0 Å². The normalized spacial score (nSPS) is 17.5. The van der Waals surface area contributed by atoms with Crippen LogP contribution in [0.1, 0.15) is 18.4 Å². The van der Waals surface area contributed by atoms with Gasteiger partial charge in [0.15, 0.2) is 5.16 Å². The number of likely N-dealkylation sites (tertiary alicyclic amines) is 1. The maximum atomic E-state index is 12.4. The van der Waals surface area contributed by atoms with E-state index in [1.54, 1.807) is 0 Å². The van der Waals surface area contributed by atoms with Crippen molar-refractivity contribution >= 4 is 23.6 Å². The SMILES string of the molecule is Cc1ccc(-n2c(SCC(=O)N3CCCC3)nnc2N2CCOCC2)cc1. The molecule has 4 rings (SSSR count). The summed E-state index contributed by atoms with van der Waals surface area (Å²) >= 11 is 1.47. The molecule has 0 bridgehead atoms. The summed E-state index contributed by atoms with van der Waals surface area (Å²) in [5.41, 5.74) is 2.22. The number of aryl methyl sites for hydroxylation is 1. The van der Waals surface area contributed by atoms with Gasteiger partial charge in [-0.15, -0.1) is 10.2 Å². The lowest BCUT2D eigenvalue weighted by molar-refractivity contribution is -0.127. The van der Waals surface area contributed by atoms with Crippen LogP contribution >= 0.6 is 11.8 Å². The number of benzene rings is 1. The minimum Gasteiger partial charge on any atom is -0.378 e. The lowest BCUT2D eigenvalue weighted by Crippen LogP contribution is -2.37. The highest BCUT2D eigenvalue weighted by Gasteiger charge is 2.24. The van der Waals surface area contributed by atoms with Crippen molar-refractivity contribution in [2.24, 2.45) is 0 Å². The Morgan fingerprint density at radius 1 is 1.07 bits per heavy atom. The third kappa shape index (κ3) is 4.11. The average Bonchev–Trinajstić information content (AvgIpc) is 3.38. The fraction of sp³-hybridized carbons (Fsp3) is 0.526. The minimum absolute atomic E-state index is 0.184. The van der Waals surface area contributed by atoms with E-state index < -0.39 is 0 Å². The first-order valence-electron chi connectivity index (χ1n) is 9.48. The summed E-state index contributed by atoms with van der Waals surface area (Å²) in [4.78, 5) is 16.6. The van der Waals surface area contributed by atoms with Crippen LogP contribution in [0.5, 0.6) is 0 Å². The third-order valence-corrected chi connectivity index (χ3v) is 5.90. The van der Waals surface area contributed by atoms with Gasteiger partial charge in [-0.1, -0.05) is 29.5 Å². The van der Waals surface area contributed by atoms with Crippen molar-refractivity contribution in [1.29, 1.82) is 0 Å². The van der Waals surface area contributed by atoms with Crippen LogP contribution in [0.4, 0.5) is 5.95 Å². The molecule has 0 atom stereocenters. The van der Waals surface area contributed by atoms with Gasteiger partial charge < -0.3 is 14.5 Å². The second-order valence-electron chi connectivity index (χ2n) is 6.93. The van der Waals surface area contributed by atoms with Gasteiger partial charge in [0.05, 0.1) is 24.7 Å². The zero-order chi connectivity index (χ0) is 18.6. The van der Waals surface area contributed by atoms with E-state index in [1.807, 2.05) is 4.90 Å². The van der Waals surface area contributed by atoms with Gasteiger partial charge in [-0.05, 0) is 31.9 Å². The van der Waals surface area contributed by atoms with Crippen molar-refractivity contribution in [2.75, 3.05) is 50.0 Å². The summed E-state index contributed by atoms with van der Waals surface area (Å²) in [5.74, 6) is 1.40. The van der Waals surface area contributed by atoms with Gasteiger partial charge in [-0.25, -0.2) is 0 Å². The molecule has 144 valence electrons. The van der Waals surface area contributed by atoms with Crippen molar-refractivity contribution in [1.82, 2.24) is 19.7 Å². The van der Waals surface area contributed by atoms with Crippen LogP contribution in [0.15, 0.2) is 29.4 Å². The van der Waals surface area contributed by atoms with E-state index in [-0.39, 0.29) is 5.91 Å². The van der Waals surface area contributed by atoms with E-state index >= 15 is 0 Å². The molecule has 3 heterocycles. The lowest BCUT2D eigenvalue weighted by Gasteiger charge is -2.28. The molecule has 0 aliphatic carbocycles. The zero-order valence-electron chi connectivity index (χ0n) is 15.6. The number of morpholine rings is 1. The number of hydrogen-bond donors (Lipinski definition) is 0. The van der Waals surface area contributed by atoms with Crippen LogP contribution in [-0.2, 0) is 9.53 Å². The van der Waals surface area contributed by atoms with E-state index in [4.69, 9.17) is 4.74 Å². The van der Waals surface area contributed by atoms with Gasteiger partial charge in [-0.2, -0.15) is 0 Å². The molecule has 0 saturated carbocycles. The first-order chi connectivity index (χ1) is 13.2. The Balaban J connectivity index is 1.59. The van der Waals surface area contributed by atoms with Gasteiger partial charge in [0.1, 0.15) is 0 Å². The van der Waals surface area contributed by atoms with Crippen molar-refractivity contribution in [3.8, 4) is 5.69 Å². The predicted octanol–water partition coefficient (Wildman–Crippen LogP) is 2.13. The van der Waals surface area contributed by atoms with Crippen molar-refractivity contribution in [3.05, 3.63) is 29.8 Å². The number of thioether (sulfide) groups is 1. The molecule has 2 saturated heterocycles. The summed E-state index contributed by atoms with van der Waals surface area (Å²) in [6, 6.07) is 8.33. The van der Waals surface area contributed by atoms with E-state index in [1.165, 1.54) is 17.3 Å². The summed E-state index contributed by atoms with van der Waals surface area (Å²) in [6.45, 7) is 6.80. The number of anilines is 1. The number of amides is 1. The summed E-state index contributed by atoms with van der Waals surface area (Å²) in [6.07, 6.45) is 2.22. The van der Waals surface area contributed by atoms with Crippen LogP contribution in [-0.4, -0.2) is 70.7 Å². The Kier molecular flexibility index (Phi) is 5.63. The Hall–Kier alpha value is -2.06. The third-order valence-electron chi connectivity index (χ3n) is 4.99. The fourth-order valence-corrected chi connectivity index (χ4v) is 4.28. The van der Waals surface area contributed by atoms with E-state index in [2.05, 4.69) is 50.9 Å². The molecule has 0 spiro atoms. The topological polar surface area (TPSA) is 63.5 Å². The van der Waals surface area contributed by atoms with Crippen molar-refractivity contribution < 1.29 is 9.53 Å². The van der Waals surface area contributed by atoms with Crippen LogP contribution in [0.2, 0.25) is 0 Å². The molecule has 0 unspecified atom stereocenters. The van der Waals surface area contributed by atoms with Gasteiger partial charge >= 0.3 is 0 Å². The molecule has 1 aromatic carbocycles. The van der Waals surface area contributed by atoms with Gasteiger partial charge in [-0.3, -0.25) is 9.36 Å². The highest BCUT2D eigenvalue weighted by molar-refractivity contribution is 7.99. The summed E-state index contributed by atoms with van der Waals surface area (Å²) in [7, 11) is 0. The van der Waals surface area contributed by atoms with Gasteiger partial charge in [0, 0.05) is 26.2 Å². The Morgan fingerprint density at radius 3 is 2.48 bits per heavy atom. The molecule has 1 aromatic heterocycles. The quantitative estimate of drug-likeness (QED) is 0.733.